The Labute approximate surface area is 207 Å². The summed E-state index contributed by atoms with van der Waals surface area (Å²) in [7, 11) is 0. The highest BCUT2D eigenvalue weighted by atomic mass is 32.1. The molecule has 35 heavy (non-hydrogen) atoms. The largest absolute Gasteiger partial charge is 0.387 e. The van der Waals surface area contributed by atoms with E-state index in [1.807, 2.05) is 6.92 Å². The van der Waals surface area contributed by atoms with Crippen molar-refractivity contribution >= 4 is 39.2 Å². The normalized spacial score (nSPS) is 17.3. The molecule has 2 saturated heterocycles. The fourth-order valence-electron chi connectivity index (χ4n) is 4.54. The maximum Gasteiger partial charge on any atom is 0.248 e. The number of aliphatic hydroxyl groups is 1. The Balaban J connectivity index is 1.50. The fourth-order valence-corrected chi connectivity index (χ4v) is 5.85. The molecule has 186 valence electrons. The Morgan fingerprint density at radius 3 is 2.54 bits per heavy atom. The first-order valence-electron chi connectivity index (χ1n) is 11.8. The SMILES string of the molecule is Cc1nc(N)ncc1-c1nc(N2CCOCC2)c2sc(CN3CCN(C(=O)CO)CC3)c(C)c2n1. The average molecular weight is 499 g/mol. The zero-order chi connectivity index (χ0) is 24.5. The molecule has 0 unspecified atom stereocenters. The molecule has 3 aromatic heterocycles. The summed E-state index contributed by atoms with van der Waals surface area (Å²) in [6, 6.07) is 0. The molecule has 0 spiro atoms. The third-order valence-electron chi connectivity index (χ3n) is 6.62. The van der Waals surface area contributed by atoms with Gasteiger partial charge in [-0.05, 0) is 19.4 Å². The molecule has 12 heteroatoms. The molecule has 2 aliphatic rings. The van der Waals surface area contributed by atoms with E-state index in [1.54, 1.807) is 22.4 Å². The van der Waals surface area contributed by atoms with Crippen LogP contribution in [0.2, 0.25) is 0 Å². The number of amides is 1. The van der Waals surface area contributed by atoms with Gasteiger partial charge in [-0.25, -0.2) is 19.9 Å². The van der Waals surface area contributed by atoms with E-state index >= 15 is 0 Å². The molecule has 3 aromatic rings. The summed E-state index contributed by atoms with van der Waals surface area (Å²) in [5.41, 5.74) is 9.38. The lowest BCUT2D eigenvalue weighted by Crippen LogP contribution is -2.49. The van der Waals surface area contributed by atoms with Gasteiger partial charge in [0.1, 0.15) is 6.61 Å². The Hall–Kier alpha value is -2.93. The number of anilines is 2. The second-order valence-corrected chi connectivity index (χ2v) is 9.95. The zero-order valence-electron chi connectivity index (χ0n) is 20.0. The van der Waals surface area contributed by atoms with Gasteiger partial charge in [0, 0.05) is 56.9 Å². The van der Waals surface area contributed by atoms with E-state index in [-0.39, 0.29) is 11.9 Å². The molecular formula is C23H30N8O3S. The first-order valence-corrected chi connectivity index (χ1v) is 12.6. The number of nitrogens with two attached hydrogens (primary N) is 1. The van der Waals surface area contributed by atoms with Gasteiger partial charge in [-0.2, -0.15) is 0 Å². The van der Waals surface area contributed by atoms with Crippen LogP contribution in [-0.4, -0.2) is 99.8 Å². The van der Waals surface area contributed by atoms with Gasteiger partial charge in [-0.15, -0.1) is 11.3 Å². The number of rotatable bonds is 5. The van der Waals surface area contributed by atoms with Crippen molar-refractivity contribution in [2.45, 2.75) is 20.4 Å². The number of hydrogen-bond acceptors (Lipinski definition) is 11. The molecule has 0 bridgehead atoms. The maximum absolute atomic E-state index is 11.8. The second kappa shape index (κ2) is 9.97. The predicted octanol–water partition coefficient (Wildman–Crippen LogP) is 0.820. The van der Waals surface area contributed by atoms with Crippen LogP contribution in [-0.2, 0) is 16.1 Å². The average Bonchev–Trinajstić information content (AvgIpc) is 3.19. The lowest BCUT2D eigenvalue weighted by Gasteiger charge is -2.34. The number of aryl methyl sites for hydroxylation is 2. The van der Waals surface area contributed by atoms with Gasteiger partial charge in [0.05, 0.1) is 34.7 Å². The van der Waals surface area contributed by atoms with E-state index in [0.29, 0.717) is 32.1 Å². The quantitative estimate of drug-likeness (QED) is 0.521. The number of carbonyl (C=O) groups is 1. The number of fused-ring (bicyclic) bond motifs is 1. The van der Waals surface area contributed by atoms with Gasteiger partial charge in [0.25, 0.3) is 0 Å². The summed E-state index contributed by atoms with van der Waals surface area (Å²) in [4.78, 5) is 37.8. The van der Waals surface area contributed by atoms with E-state index in [4.69, 9.17) is 25.5 Å². The van der Waals surface area contributed by atoms with Crippen LogP contribution >= 0.6 is 11.3 Å². The van der Waals surface area contributed by atoms with Gasteiger partial charge >= 0.3 is 0 Å². The molecular weight excluding hydrogens is 468 g/mol. The van der Waals surface area contributed by atoms with E-state index < -0.39 is 6.61 Å². The number of aromatic nitrogens is 4. The lowest BCUT2D eigenvalue weighted by atomic mass is 10.2. The van der Waals surface area contributed by atoms with Crippen LogP contribution in [0.4, 0.5) is 11.8 Å². The van der Waals surface area contributed by atoms with Crippen molar-refractivity contribution in [2.75, 3.05) is 69.7 Å². The summed E-state index contributed by atoms with van der Waals surface area (Å²) in [6.45, 7) is 10.0. The summed E-state index contributed by atoms with van der Waals surface area (Å²) in [5.74, 6) is 1.54. The lowest BCUT2D eigenvalue weighted by molar-refractivity contribution is -0.135. The van der Waals surface area contributed by atoms with E-state index in [9.17, 15) is 4.79 Å². The minimum Gasteiger partial charge on any atom is -0.387 e. The van der Waals surface area contributed by atoms with Gasteiger partial charge in [0.2, 0.25) is 11.9 Å². The summed E-state index contributed by atoms with van der Waals surface area (Å²) < 4.78 is 6.65. The van der Waals surface area contributed by atoms with E-state index in [2.05, 4.69) is 26.7 Å². The number of hydrogen-bond donors (Lipinski definition) is 2. The van der Waals surface area contributed by atoms with Crippen molar-refractivity contribution in [1.82, 2.24) is 29.7 Å². The number of carbonyl (C=O) groups excluding carboxylic acids is 1. The third kappa shape index (κ3) is 4.79. The molecule has 11 nitrogen and oxygen atoms in total. The first kappa shape index (κ1) is 23.8. The van der Waals surface area contributed by atoms with Crippen LogP contribution in [0, 0.1) is 13.8 Å². The second-order valence-electron chi connectivity index (χ2n) is 8.84. The van der Waals surface area contributed by atoms with Gasteiger partial charge in [-0.3, -0.25) is 9.69 Å². The van der Waals surface area contributed by atoms with Gasteiger partial charge < -0.3 is 25.4 Å². The highest BCUT2D eigenvalue weighted by Gasteiger charge is 2.25. The van der Waals surface area contributed by atoms with Crippen LogP contribution in [0.3, 0.4) is 0 Å². The molecule has 0 atom stereocenters. The maximum atomic E-state index is 11.8. The molecule has 1 amide bonds. The Morgan fingerprint density at radius 1 is 1.11 bits per heavy atom. The summed E-state index contributed by atoms with van der Waals surface area (Å²) in [6.07, 6.45) is 1.69. The number of nitrogens with zero attached hydrogens (tertiary/aromatic N) is 7. The summed E-state index contributed by atoms with van der Waals surface area (Å²) in [5, 5.41) is 9.13. The van der Waals surface area contributed by atoms with Gasteiger partial charge in [-0.1, -0.05) is 0 Å². The van der Waals surface area contributed by atoms with Crippen LogP contribution in [0.5, 0.6) is 0 Å². The zero-order valence-corrected chi connectivity index (χ0v) is 20.8. The molecule has 2 fully saturated rings. The number of aliphatic hydroxyl groups excluding tert-OH is 1. The minimum atomic E-state index is -0.431. The van der Waals surface area contributed by atoms with Crippen molar-refractivity contribution in [3.05, 3.63) is 22.3 Å². The van der Waals surface area contributed by atoms with Crippen molar-refractivity contribution in [2.24, 2.45) is 0 Å². The van der Waals surface area contributed by atoms with E-state index in [0.717, 1.165) is 65.6 Å². The van der Waals surface area contributed by atoms with Crippen molar-refractivity contribution in [3.63, 3.8) is 0 Å². The predicted molar refractivity (Wildman–Crippen MR) is 134 cm³/mol. The fraction of sp³-hybridized carbons (Fsp3) is 0.522. The minimum absolute atomic E-state index is 0.206. The molecule has 3 N–H and O–H groups in total. The number of ether oxygens (including phenoxy) is 1. The van der Waals surface area contributed by atoms with Crippen molar-refractivity contribution < 1.29 is 14.6 Å². The smallest absolute Gasteiger partial charge is 0.248 e. The van der Waals surface area contributed by atoms with Crippen LogP contribution in [0.25, 0.3) is 21.6 Å². The topological polar surface area (TPSA) is 134 Å². The first-order chi connectivity index (χ1) is 16.9. The molecule has 5 rings (SSSR count). The number of thiophene rings is 1. The number of piperazine rings is 1. The van der Waals surface area contributed by atoms with Crippen LogP contribution < -0.4 is 10.6 Å². The molecule has 0 aromatic carbocycles. The molecule has 2 aliphatic heterocycles. The van der Waals surface area contributed by atoms with Gasteiger partial charge in [0.15, 0.2) is 11.6 Å². The van der Waals surface area contributed by atoms with E-state index in [1.165, 1.54) is 4.88 Å². The van der Waals surface area contributed by atoms with Crippen molar-refractivity contribution in [1.29, 1.82) is 0 Å². The monoisotopic (exact) mass is 498 g/mol. The van der Waals surface area contributed by atoms with Crippen molar-refractivity contribution in [3.8, 4) is 11.4 Å². The number of morpholine rings is 1. The molecule has 5 heterocycles. The third-order valence-corrected chi connectivity index (χ3v) is 7.89. The standard InChI is InChI=1S/C23H30N8O3S/c1-14-17(12-29-3-5-30(6-4-29)18(33)13-32)35-20-19(14)27-21(16-11-25-23(24)26-15(16)2)28-22(20)31-7-9-34-10-8-31/h11,32H,3-10,12-13H2,1-2H3,(H2,24,25,26). The Morgan fingerprint density at radius 2 is 1.86 bits per heavy atom. The number of nitrogen functional groups attached to an aromatic ring is 1. The van der Waals surface area contributed by atoms with Crippen LogP contribution in [0.15, 0.2) is 6.20 Å². The Kier molecular flexibility index (Phi) is 6.78. The Bertz CT molecular complexity index is 1240. The summed E-state index contributed by atoms with van der Waals surface area (Å²) >= 11 is 1.74. The highest BCUT2D eigenvalue weighted by Crippen LogP contribution is 2.38. The van der Waals surface area contributed by atoms with Crippen LogP contribution in [0.1, 0.15) is 16.1 Å². The molecule has 0 aliphatic carbocycles. The highest BCUT2D eigenvalue weighted by molar-refractivity contribution is 7.19. The molecule has 0 radical (unpaired) electrons. The molecule has 0 saturated carbocycles.